The molecule has 0 bridgehead atoms. The summed E-state index contributed by atoms with van der Waals surface area (Å²) in [6, 6.07) is 5.62. The van der Waals surface area contributed by atoms with Crippen LogP contribution in [0.5, 0.6) is 0 Å². The zero-order chi connectivity index (χ0) is 13.7. The number of carbonyl (C=O) groups is 1. The maximum atomic E-state index is 10.7. The van der Waals surface area contributed by atoms with Gasteiger partial charge < -0.3 is 15.5 Å². The number of aryl methyl sites for hydroxylation is 2. The maximum Gasteiger partial charge on any atom is 0.216 e. The summed E-state index contributed by atoms with van der Waals surface area (Å²) >= 11 is 0. The van der Waals surface area contributed by atoms with Gasteiger partial charge in [-0.1, -0.05) is 18.2 Å². The van der Waals surface area contributed by atoms with E-state index in [0.717, 1.165) is 11.1 Å². The van der Waals surface area contributed by atoms with Crippen molar-refractivity contribution in [3.63, 3.8) is 0 Å². The molecule has 3 N–H and O–H groups in total. The van der Waals surface area contributed by atoms with E-state index in [1.54, 1.807) is 0 Å². The van der Waals surface area contributed by atoms with E-state index in [9.17, 15) is 15.0 Å². The highest BCUT2D eigenvalue weighted by Crippen LogP contribution is 2.21. The van der Waals surface area contributed by atoms with Crippen molar-refractivity contribution in [1.82, 2.24) is 5.32 Å². The number of hydrogen-bond acceptors (Lipinski definition) is 3. The first-order chi connectivity index (χ1) is 8.41. The molecule has 1 amide bonds. The SMILES string of the molecule is CC(=O)NCCC(O)C(O)c1ccc(C)c(C)c1. The summed E-state index contributed by atoms with van der Waals surface area (Å²) in [5.74, 6) is -0.136. The van der Waals surface area contributed by atoms with Crippen LogP contribution < -0.4 is 5.32 Å². The Bertz CT molecular complexity index is 418. The van der Waals surface area contributed by atoms with E-state index >= 15 is 0 Å². The minimum absolute atomic E-state index is 0.136. The highest BCUT2D eigenvalue weighted by Gasteiger charge is 2.18. The molecule has 0 aliphatic heterocycles. The van der Waals surface area contributed by atoms with Crippen molar-refractivity contribution in [2.24, 2.45) is 0 Å². The third-order valence-corrected chi connectivity index (χ3v) is 3.05. The molecule has 4 heteroatoms. The molecular formula is C14H21NO3. The highest BCUT2D eigenvalue weighted by molar-refractivity contribution is 5.72. The first-order valence-corrected chi connectivity index (χ1v) is 6.09. The van der Waals surface area contributed by atoms with Gasteiger partial charge in [0.05, 0.1) is 6.10 Å². The zero-order valence-corrected chi connectivity index (χ0v) is 11.1. The molecule has 0 aliphatic carbocycles. The third-order valence-electron chi connectivity index (χ3n) is 3.05. The fourth-order valence-corrected chi connectivity index (χ4v) is 1.72. The molecule has 1 aromatic rings. The molecular weight excluding hydrogens is 230 g/mol. The minimum atomic E-state index is -0.918. The Morgan fingerprint density at radius 3 is 2.50 bits per heavy atom. The molecule has 0 spiro atoms. The van der Waals surface area contributed by atoms with Crippen LogP contribution in [0, 0.1) is 13.8 Å². The van der Waals surface area contributed by atoms with Gasteiger partial charge in [0.25, 0.3) is 0 Å². The van der Waals surface area contributed by atoms with Crippen LogP contribution >= 0.6 is 0 Å². The Kier molecular flexibility index (Phi) is 5.31. The average molecular weight is 251 g/mol. The molecule has 4 nitrogen and oxygen atoms in total. The van der Waals surface area contributed by atoms with Gasteiger partial charge in [0.15, 0.2) is 0 Å². The van der Waals surface area contributed by atoms with Gasteiger partial charge in [-0.05, 0) is 37.0 Å². The topological polar surface area (TPSA) is 69.6 Å². The summed E-state index contributed by atoms with van der Waals surface area (Å²) < 4.78 is 0. The molecule has 0 heterocycles. The number of hydrogen-bond donors (Lipinski definition) is 3. The lowest BCUT2D eigenvalue weighted by Gasteiger charge is -2.19. The van der Waals surface area contributed by atoms with Crippen LogP contribution in [0.1, 0.15) is 36.1 Å². The van der Waals surface area contributed by atoms with Crippen LogP contribution in [0.2, 0.25) is 0 Å². The van der Waals surface area contributed by atoms with Gasteiger partial charge in [-0.15, -0.1) is 0 Å². The molecule has 0 fully saturated rings. The van der Waals surface area contributed by atoms with Crippen molar-refractivity contribution in [2.75, 3.05) is 6.54 Å². The minimum Gasteiger partial charge on any atom is -0.390 e. The zero-order valence-electron chi connectivity index (χ0n) is 11.1. The summed E-state index contributed by atoms with van der Waals surface area (Å²) in [4.78, 5) is 10.7. The average Bonchev–Trinajstić information content (AvgIpc) is 2.31. The van der Waals surface area contributed by atoms with E-state index in [-0.39, 0.29) is 5.91 Å². The van der Waals surface area contributed by atoms with Crippen molar-refractivity contribution >= 4 is 5.91 Å². The van der Waals surface area contributed by atoms with Gasteiger partial charge >= 0.3 is 0 Å². The van der Waals surface area contributed by atoms with Gasteiger partial charge in [0.2, 0.25) is 5.91 Å². The fourth-order valence-electron chi connectivity index (χ4n) is 1.72. The lowest BCUT2D eigenvalue weighted by Crippen LogP contribution is -2.27. The number of rotatable bonds is 5. The number of benzene rings is 1. The van der Waals surface area contributed by atoms with Gasteiger partial charge in [-0.2, -0.15) is 0 Å². The van der Waals surface area contributed by atoms with E-state index in [1.807, 2.05) is 32.0 Å². The fraction of sp³-hybridized carbons (Fsp3) is 0.500. The summed E-state index contributed by atoms with van der Waals surface area (Å²) in [7, 11) is 0. The summed E-state index contributed by atoms with van der Waals surface area (Å²) in [6.07, 6.45) is -1.47. The number of carbonyl (C=O) groups excluding carboxylic acids is 1. The van der Waals surface area contributed by atoms with Gasteiger partial charge in [0, 0.05) is 13.5 Å². The second-order valence-electron chi connectivity index (χ2n) is 4.63. The maximum absolute atomic E-state index is 10.7. The molecule has 0 aromatic heterocycles. The molecule has 1 rings (SSSR count). The largest absolute Gasteiger partial charge is 0.390 e. The molecule has 1 aromatic carbocycles. The van der Waals surface area contributed by atoms with E-state index in [2.05, 4.69) is 5.32 Å². The van der Waals surface area contributed by atoms with Crippen molar-refractivity contribution in [3.8, 4) is 0 Å². The predicted molar refractivity (Wildman–Crippen MR) is 70.2 cm³/mol. The van der Waals surface area contributed by atoms with Crippen LogP contribution in [0.25, 0.3) is 0 Å². The second-order valence-corrected chi connectivity index (χ2v) is 4.63. The molecule has 0 saturated heterocycles. The van der Waals surface area contributed by atoms with Crippen LogP contribution in [-0.4, -0.2) is 28.8 Å². The lowest BCUT2D eigenvalue weighted by atomic mass is 9.98. The van der Waals surface area contributed by atoms with Crippen molar-refractivity contribution in [1.29, 1.82) is 0 Å². The van der Waals surface area contributed by atoms with Crippen molar-refractivity contribution < 1.29 is 15.0 Å². The second kappa shape index (κ2) is 6.52. The third kappa shape index (κ3) is 4.13. The number of amides is 1. The van der Waals surface area contributed by atoms with Crippen LogP contribution in [0.4, 0.5) is 0 Å². The van der Waals surface area contributed by atoms with Gasteiger partial charge in [-0.3, -0.25) is 4.79 Å². The predicted octanol–water partition coefficient (Wildman–Crippen LogP) is 1.22. The Morgan fingerprint density at radius 1 is 1.28 bits per heavy atom. The standard InChI is InChI=1S/C14H21NO3/c1-9-4-5-12(8-10(9)2)14(18)13(17)6-7-15-11(3)16/h4-5,8,13-14,17-18H,6-7H2,1-3H3,(H,15,16). The monoisotopic (exact) mass is 251 g/mol. The first kappa shape index (κ1) is 14.7. The number of aliphatic hydroxyl groups is 2. The van der Waals surface area contributed by atoms with E-state index < -0.39 is 12.2 Å². The quantitative estimate of drug-likeness (QED) is 0.737. The Labute approximate surface area is 108 Å². The van der Waals surface area contributed by atoms with E-state index in [4.69, 9.17) is 0 Å². The first-order valence-electron chi connectivity index (χ1n) is 6.09. The Hall–Kier alpha value is -1.39. The van der Waals surface area contributed by atoms with Crippen LogP contribution in [0.3, 0.4) is 0 Å². The molecule has 0 aliphatic rings. The Morgan fingerprint density at radius 2 is 1.94 bits per heavy atom. The summed E-state index contributed by atoms with van der Waals surface area (Å²) in [5, 5.41) is 22.4. The molecule has 0 radical (unpaired) electrons. The molecule has 2 unspecified atom stereocenters. The number of aliphatic hydroxyl groups excluding tert-OH is 2. The number of nitrogens with one attached hydrogen (secondary N) is 1. The van der Waals surface area contributed by atoms with Gasteiger partial charge in [-0.25, -0.2) is 0 Å². The van der Waals surface area contributed by atoms with Crippen LogP contribution in [0.15, 0.2) is 18.2 Å². The highest BCUT2D eigenvalue weighted by atomic mass is 16.3. The van der Waals surface area contributed by atoms with Crippen LogP contribution in [-0.2, 0) is 4.79 Å². The Balaban J connectivity index is 2.59. The normalized spacial score (nSPS) is 14.1. The lowest BCUT2D eigenvalue weighted by molar-refractivity contribution is -0.119. The molecule has 100 valence electrons. The van der Waals surface area contributed by atoms with Gasteiger partial charge in [0.1, 0.15) is 6.10 Å². The summed E-state index contributed by atoms with van der Waals surface area (Å²) in [6.45, 7) is 5.75. The van der Waals surface area contributed by atoms with E-state index in [0.29, 0.717) is 18.5 Å². The molecule has 18 heavy (non-hydrogen) atoms. The van der Waals surface area contributed by atoms with Crippen molar-refractivity contribution in [2.45, 2.75) is 39.4 Å². The van der Waals surface area contributed by atoms with E-state index in [1.165, 1.54) is 6.92 Å². The molecule has 0 saturated carbocycles. The summed E-state index contributed by atoms with van der Waals surface area (Å²) in [5.41, 5.74) is 2.94. The molecule has 2 atom stereocenters. The van der Waals surface area contributed by atoms with Crippen molar-refractivity contribution in [3.05, 3.63) is 34.9 Å². The smallest absolute Gasteiger partial charge is 0.216 e.